The Morgan fingerprint density at radius 1 is 1.08 bits per heavy atom. The molecule has 2 aromatic rings. The minimum Gasteiger partial charge on any atom is -0.495 e. The van der Waals surface area contributed by atoms with Crippen molar-refractivity contribution < 1.29 is 19.1 Å². The fraction of sp³-hybridized carbons (Fsp3) is 0.263. The first-order valence-electron chi connectivity index (χ1n) is 8.10. The molecular weight excluding hydrogens is 320 g/mol. The van der Waals surface area contributed by atoms with Gasteiger partial charge in [-0.05, 0) is 42.8 Å². The summed E-state index contributed by atoms with van der Waals surface area (Å²) in [7, 11) is 1.55. The van der Waals surface area contributed by atoms with Gasteiger partial charge in [-0.1, -0.05) is 12.1 Å². The molecule has 2 N–H and O–H groups in total. The second-order valence-corrected chi connectivity index (χ2v) is 5.78. The standard InChI is InChI=1S/C19H20N2O4/c1-24-17-5-3-2-4-16(17)21-18(22)13-6-8-15(9-7-13)20-19(23)14-10-11-25-12-14/h2-9,14H,10-12H2,1H3,(H,20,23)(H,21,22). The highest BCUT2D eigenvalue weighted by molar-refractivity contribution is 6.05. The fourth-order valence-corrected chi connectivity index (χ4v) is 2.63. The average molecular weight is 340 g/mol. The van der Waals surface area contributed by atoms with Crippen molar-refractivity contribution >= 4 is 23.2 Å². The number of methoxy groups -OCH3 is 1. The molecule has 1 saturated heterocycles. The molecule has 2 aromatic carbocycles. The number of benzene rings is 2. The predicted octanol–water partition coefficient (Wildman–Crippen LogP) is 2.92. The van der Waals surface area contributed by atoms with Gasteiger partial charge in [0.1, 0.15) is 5.75 Å². The lowest BCUT2D eigenvalue weighted by atomic mass is 10.1. The lowest BCUT2D eigenvalue weighted by Gasteiger charge is -2.11. The summed E-state index contributed by atoms with van der Waals surface area (Å²) in [6.45, 7) is 1.09. The van der Waals surface area contributed by atoms with Crippen molar-refractivity contribution in [3.8, 4) is 5.75 Å². The molecule has 0 radical (unpaired) electrons. The number of carbonyl (C=O) groups excluding carboxylic acids is 2. The summed E-state index contributed by atoms with van der Waals surface area (Å²) in [6.07, 6.45) is 0.741. The van der Waals surface area contributed by atoms with Crippen LogP contribution in [0.15, 0.2) is 48.5 Å². The Hall–Kier alpha value is -2.86. The van der Waals surface area contributed by atoms with Gasteiger partial charge in [-0.3, -0.25) is 9.59 Å². The van der Waals surface area contributed by atoms with Crippen LogP contribution in [0, 0.1) is 5.92 Å². The molecule has 0 spiro atoms. The summed E-state index contributed by atoms with van der Waals surface area (Å²) in [5, 5.41) is 5.66. The number of amides is 2. The zero-order valence-electron chi connectivity index (χ0n) is 14.0. The molecule has 2 amide bonds. The molecule has 0 saturated carbocycles. The number of carbonyl (C=O) groups is 2. The minimum atomic E-state index is -0.244. The highest BCUT2D eigenvalue weighted by atomic mass is 16.5. The van der Waals surface area contributed by atoms with Crippen molar-refractivity contribution in [2.45, 2.75) is 6.42 Å². The summed E-state index contributed by atoms with van der Waals surface area (Å²) in [6, 6.07) is 14.0. The minimum absolute atomic E-state index is 0.0521. The topological polar surface area (TPSA) is 76.7 Å². The van der Waals surface area contributed by atoms with Crippen LogP contribution in [0.3, 0.4) is 0 Å². The van der Waals surface area contributed by atoms with Crippen LogP contribution in [0.5, 0.6) is 5.75 Å². The Kier molecular flexibility index (Phi) is 5.30. The Morgan fingerprint density at radius 3 is 2.52 bits per heavy atom. The third-order valence-electron chi connectivity index (χ3n) is 4.07. The highest BCUT2D eigenvalue weighted by Gasteiger charge is 2.23. The molecule has 6 nitrogen and oxygen atoms in total. The van der Waals surface area contributed by atoms with Gasteiger partial charge in [0.2, 0.25) is 5.91 Å². The first kappa shape index (κ1) is 17.0. The van der Waals surface area contributed by atoms with Gasteiger partial charge in [-0.25, -0.2) is 0 Å². The zero-order chi connectivity index (χ0) is 17.6. The van der Waals surface area contributed by atoms with Crippen LogP contribution in [0.1, 0.15) is 16.8 Å². The van der Waals surface area contributed by atoms with Gasteiger partial charge in [0.15, 0.2) is 0 Å². The molecule has 0 bridgehead atoms. The van der Waals surface area contributed by atoms with Gasteiger partial charge in [0, 0.05) is 17.9 Å². The highest BCUT2D eigenvalue weighted by Crippen LogP contribution is 2.24. The first-order chi connectivity index (χ1) is 12.2. The van der Waals surface area contributed by atoms with Crippen molar-refractivity contribution in [2.24, 2.45) is 5.92 Å². The molecule has 1 aliphatic rings. The number of hydrogen-bond donors (Lipinski definition) is 2. The van der Waals surface area contributed by atoms with Crippen LogP contribution in [-0.2, 0) is 9.53 Å². The Bertz CT molecular complexity index is 752. The Balaban J connectivity index is 1.63. The van der Waals surface area contributed by atoms with Gasteiger partial charge in [0.25, 0.3) is 5.91 Å². The van der Waals surface area contributed by atoms with Crippen molar-refractivity contribution in [1.29, 1.82) is 0 Å². The number of anilines is 2. The lowest BCUT2D eigenvalue weighted by molar-refractivity contribution is -0.119. The quantitative estimate of drug-likeness (QED) is 0.877. The molecule has 1 aliphatic heterocycles. The molecule has 1 atom stereocenters. The van der Waals surface area contributed by atoms with Gasteiger partial charge < -0.3 is 20.1 Å². The first-order valence-corrected chi connectivity index (χ1v) is 8.10. The van der Waals surface area contributed by atoms with E-state index in [1.54, 1.807) is 43.5 Å². The van der Waals surface area contributed by atoms with Crippen LogP contribution in [0.25, 0.3) is 0 Å². The molecule has 0 aliphatic carbocycles. The third kappa shape index (κ3) is 4.16. The van der Waals surface area contributed by atoms with E-state index >= 15 is 0 Å². The third-order valence-corrected chi connectivity index (χ3v) is 4.07. The van der Waals surface area contributed by atoms with E-state index in [2.05, 4.69) is 10.6 Å². The van der Waals surface area contributed by atoms with E-state index in [0.29, 0.717) is 35.9 Å². The van der Waals surface area contributed by atoms with Crippen LogP contribution in [-0.4, -0.2) is 32.1 Å². The SMILES string of the molecule is COc1ccccc1NC(=O)c1ccc(NC(=O)C2CCOC2)cc1. The van der Waals surface area contributed by atoms with Gasteiger partial charge in [-0.15, -0.1) is 0 Å². The van der Waals surface area contributed by atoms with E-state index in [0.717, 1.165) is 6.42 Å². The summed E-state index contributed by atoms with van der Waals surface area (Å²) in [5.74, 6) is 0.197. The second-order valence-electron chi connectivity index (χ2n) is 5.78. The van der Waals surface area contributed by atoms with Crippen molar-refractivity contribution in [3.63, 3.8) is 0 Å². The number of rotatable bonds is 5. The van der Waals surface area contributed by atoms with Gasteiger partial charge >= 0.3 is 0 Å². The molecule has 25 heavy (non-hydrogen) atoms. The maximum atomic E-state index is 12.4. The van der Waals surface area contributed by atoms with Crippen LogP contribution in [0.4, 0.5) is 11.4 Å². The summed E-state index contributed by atoms with van der Waals surface area (Å²) >= 11 is 0. The van der Waals surface area contributed by atoms with E-state index in [-0.39, 0.29) is 17.7 Å². The maximum Gasteiger partial charge on any atom is 0.255 e. The summed E-state index contributed by atoms with van der Waals surface area (Å²) in [4.78, 5) is 24.4. The van der Waals surface area contributed by atoms with Gasteiger partial charge in [-0.2, -0.15) is 0 Å². The van der Waals surface area contributed by atoms with E-state index in [9.17, 15) is 9.59 Å². The van der Waals surface area contributed by atoms with E-state index < -0.39 is 0 Å². The molecule has 6 heteroatoms. The average Bonchev–Trinajstić information content (AvgIpc) is 3.17. The normalized spacial score (nSPS) is 16.3. The lowest BCUT2D eigenvalue weighted by Crippen LogP contribution is -2.22. The van der Waals surface area contributed by atoms with E-state index in [1.165, 1.54) is 0 Å². The van der Waals surface area contributed by atoms with Crippen molar-refractivity contribution in [1.82, 2.24) is 0 Å². The molecule has 0 aromatic heterocycles. The number of ether oxygens (including phenoxy) is 2. The van der Waals surface area contributed by atoms with Gasteiger partial charge in [0.05, 0.1) is 25.3 Å². The number of nitrogens with one attached hydrogen (secondary N) is 2. The molecule has 1 unspecified atom stereocenters. The number of hydrogen-bond acceptors (Lipinski definition) is 4. The summed E-state index contributed by atoms with van der Waals surface area (Å²) in [5.41, 5.74) is 1.76. The smallest absolute Gasteiger partial charge is 0.255 e. The van der Waals surface area contributed by atoms with Crippen molar-refractivity contribution in [2.75, 3.05) is 31.0 Å². The van der Waals surface area contributed by atoms with Crippen molar-refractivity contribution in [3.05, 3.63) is 54.1 Å². The Morgan fingerprint density at radius 2 is 1.84 bits per heavy atom. The molecular formula is C19H20N2O4. The van der Waals surface area contributed by atoms with E-state index in [4.69, 9.17) is 9.47 Å². The van der Waals surface area contributed by atoms with Crippen LogP contribution in [0.2, 0.25) is 0 Å². The predicted molar refractivity (Wildman–Crippen MR) is 94.9 cm³/mol. The largest absolute Gasteiger partial charge is 0.495 e. The van der Waals surface area contributed by atoms with Crippen LogP contribution >= 0.6 is 0 Å². The molecule has 130 valence electrons. The van der Waals surface area contributed by atoms with E-state index in [1.807, 2.05) is 12.1 Å². The maximum absolute atomic E-state index is 12.4. The second kappa shape index (κ2) is 7.81. The summed E-state index contributed by atoms with van der Waals surface area (Å²) < 4.78 is 10.4. The fourth-order valence-electron chi connectivity index (χ4n) is 2.63. The Labute approximate surface area is 146 Å². The number of para-hydroxylation sites is 2. The van der Waals surface area contributed by atoms with Crippen LogP contribution < -0.4 is 15.4 Å². The molecule has 1 heterocycles. The zero-order valence-corrected chi connectivity index (χ0v) is 14.0. The monoisotopic (exact) mass is 340 g/mol. The molecule has 1 fully saturated rings. The molecule has 3 rings (SSSR count).